The molecule has 20 heavy (non-hydrogen) atoms. The third-order valence-electron chi connectivity index (χ3n) is 3.47. The Bertz CT molecular complexity index is 788. The summed E-state index contributed by atoms with van der Waals surface area (Å²) in [5.41, 5.74) is 10.5. The number of pyridine rings is 1. The third kappa shape index (κ3) is 2.07. The van der Waals surface area contributed by atoms with Gasteiger partial charge in [0.15, 0.2) is 0 Å². The fourth-order valence-corrected chi connectivity index (χ4v) is 2.26. The normalized spacial score (nSPS) is 10.9. The first kappa shape index (κ1) is 12.5. The van der Waals surface area contributed by atoms with Crippen molar-refractivity contribution >= 4 is 28.2 Å². The molecule has 0 aliphatic carbocycles. The molecule has 0 unspecified atom stereocenters. The summed E-state index contributed by atoms with van der Waals surface area (Å²) in [7, 11) is 2.02. The predicted molar refractivity (Wildman–Crippen MR) is 82.1 cm³/mol. The second kappa shape index (κ2) is 4.52. The zero-order valence-electron chi connectivity index (χ0n) is 11.8. The Morgan fingerprint density at radius 3 is 2.75 bits per heavy atom. The molecule has 0 atom stereocenters. The number of aromatic nitrogens is 3. The maximum Gasteiger partial charge on any atom is 0.133 e. The summed E-state index contributed by atoms with van der Waals surface area (Å²) in [6.45, 7) is 3.98. The van der Waals surface area contributed by atoms with Gasteiger partial charge in [-0.15, -0.1) is 0 Å². The standard InChI is InChI=1S/C15H17N5/c1-9-6-11(16)8-17-15(9)19-12-4-5-14-13(7-12)18-10(2)20(14)3/h4-8H,16H2,1-3H3,(H,17,19). The van der Waals surface area contributed by atoms with Gasteiger partial charge in [0.1, 0.15) is 11.6 Å². The number of nitrogens with zero attached hydrogens (tertiary/aromatic N) is 3. The number of rotatable bonds is 2. The van der Waals surface area contributed by atoms with Crippen LogP contribution in [-0.2, 0) is 7.05 Å². The van der Waals surface area contributed by atoms with Crippen LogP contribution in [0.5, 0.6) is 0 Å². The van der Waals surface area contributed by atoms with E-state index >= 15 is 0 Å². The number of nitrogens with two attached hydrogens (primary N) is 1. The summed E-state index contributed by atoms with van der Waals surface area (Å²) in [4.78, 5) is 8.85. The maximum absolute atomic E-state index is 5.71. The van der Waals surface area contributed by atoms with Crippen molar-refractivity contribution < 1.29 is 0 Å². The summed E-state index contributed by atoms with van der Waals surface area (Å²) < 4.78 is 2.08. The van der Waals surface area contributed by atoms with Crippen LogP contribution in [0.1, 0.15) is 11.4 Å². The molecule has 0 aliphatic heterocycles. The molecule has 0 aliphatic rings. The molecular weight excluding hydrogens is 250 g/mol. The van der Waals surface area contributed by atoms with E-state index in [0.29, 0.717) is 5.69 Å². The number of anilines is 3. The number of nitrogens with one attached hydrogen (secondary N) is 1. The molecule has 2 aromatic heterocycles. The topological polar surface area (TPSA) is 68.8 Å². The quantitative estimate of drug-likeness (QED) is 0.749. The van der Waals surface area contributed by atoms with E-state index in [9.17, 15) is 0 Å². The molecular formula is C15H17N5. The zero-order valence-corrected chi connectivity index (χ0v) is 11.8. The van der Waals surface area contributed by atoms with Crippen molar-refractivity contribution in [2.24, 2.45) is 7.05 Å². The lowest BCUT2D eigenvalue weighted by molar-refractivity contribution is 0.886. The average molecular weight is 267 g/mol. The maximum atomic E-state index is 5.71. The summed E-state index contributed by atoms with van der Waals surface area (Å²) in [5.74, 6) is 1.81. The second-order valence-corrected chi connectivity index (χ2v) is 4.98. The van der Waals surface area contributed by atoms with E-state index in [4.69, 9.17) is 5.73 Å². The number of benzene rings is 1. The van der Waals surface area contributed by atoms with Gasteiger partial charge >= 0.3 is 0 Å². The Kier molecular flexibility index (Phi) is 2.82. The molecule has 0 saturated carbocycles. The Morgan fingerprint density at radius 1 is 1.20 bits per heavy atom. The molecule has 0 spiro atoms. The van der Waals surface area contributed by atoms with Crippen molar-refractivity contribution in [2.75, 3.05) is 11.1 Å². The minimum Gasteiger partial charge on any atom is -0.397 e. The molecule has 0 fully saturated rings. The molecule has 0 amide bonds. The van der Waals surface area contributed by atoms with Gasteiger partial charge in [0.05, 0.1) is 22.9 Å². The molecule has 3 rings (SSSR count). The summed E-state index contributed by atoms with van der Waals surface area (Å²) in [6, 6.07) is 8.02. The number of aryl methyl sites for hydroxylation is 3. The lowest BCUT2D eigenvalue weighted by atomic mass is 10.2. The van der Waals surface area contributed by atoms with Crippen LogP contribution in [-0.4, -0.2) is 14.5 Å². The molecule has 0 bridgehead atoms. The van der Waals surface area contributed by atoms with Crippen LogP contribution in [0, 0.1) is 13.8 Å². The first-order valence-electron chi connectivity index (χ1n) is 6.47. The number of hydrogen-bond acceptors (Lipinski definition) is 4. The van der Waals surface area contributed by atoms with Crippen LogP contribution >= 0.6 is 0 Å². The molecule has 2 heterocycles. The second-order valence-electron chi connectivity index (χ2n) is 4.98. The van der Waals surface area contributed by atoms with E-state index in [-0.39, 0.29) is 0 Å². The Labute approximate surface area is 117 Å². The average Bonchev–Trinajstić information content (AvgIpc) is 2.68. The lowest BCUT2D eigenvalue weighted by Gasteiger charge is -2.09. The van der Waals surface area contributed by atoms with Crippen LogP contribution < -0.4 is 11.1 Å². The Morgan fingerprint density at radius 2 is 2.00 bits per heavy atom. The van der Waals surface area contributed by atoms with Crippen molar-refractivity contribution in [2.45, 2.75) is 13.8 Å². The van der Waals surface area contributed by atoms with Gasteiger partial charge in [-0.05, 0) is 43.7 Å². The van der Waals surface area contributed by atoms with Crippen LogP contribution in [0.25, 0.3) is 11.0 Å². The Hall–Kier alpha value is -2.56. The van der Waals surface area contributed by atoms with Gasteiger partial charge in [-0.25, -0.2) is 9.97 Å². The number of hydrogen-bond donors (Lipinski definition) is 2. The number of imidazole rings is 1. The summed E-state index contributed by atoms with van der Waals surface area (Å²) >= 11 is 0. The fraction of sp³-hybridized carbons (Fsp3) is 0.200. The van der Waals surface area contributed by atoms with Gasteiger partial charge in [-0.3, -0.25) is 0 Å². The molecule has 0 saturated heterocycles. The van der Waals surface area contributed by atoms with Crippen molar-refractivity contribution in [1.82, 2.24) is 14.5 Å². The molecule has 3 aromatic rings. The van der Waals surface area contributed by atoms with Crippen LogP contribution in [0.15, 0.2) is 30.5 Å². The van der Waals surface area contributed by atoms with E-state index in [1.54, 1.807) is 6.20 Å². The monoisotopic (exact) mass is 267 g/mol. The van der Waals surface area contributed by atoms with Gasteiger partial charge in [0.25, 0.3) is 0 Å². The van der Waals surface area contributed by atoms with E-state index < -0.39 is 0 Å². The minimum absolute atomic E-state index is 0.670. The van der Waals surface area contributed by atoms with Crippen LogP contribution in [0.4, 0.5) is 17.2 Å². The van der Waals surface area contributed by atoms with Crippen molar-refractivity contribution in [3.05, 3.63) is 41.9 Å². The molecule has 5 nitrogen and oxygen atoms in total. The first-order valence-corrected chi connectivity index (χ1v) is 6.47. The third-order valence-corrected chi connectivity index (χ3v) is 3.47. The molecule has 0 radical (unpaired) electrons. The summed E-state index contributed by atoms with van der Waals surface area (Å²) in [6.07, 6.45) is 1.65. The number of fused-ring (bicyclic) bond motifs is 1. The van der Waals surface area contributed by atoms with E-state index in [1.165, 1.54) is 0 Å². The van der Waals surface area contributed by atoms with Gasteiger partial charge in [0.2, 0.25) is 0 Å². The minimum atomic E-state index is 0.670. The zero-order chi connectivity index (χ0) is 14.3. The fourth-order valence-electron chi connectivity index (χ4n) is 2.26. The molecule has 1 aromatic carbocycles. The summed E-state index contributed by atoms with van der Waals surface area (Å²) in [5, 5.41) is 3.30. The molecule has 3 N–H and O–H groups in total. The highest BCUT2D eigenvalue weighted by Gasteiger charge is 2.06. The smallest absolute Gasteiger partial charge is 0.133 e. The predicted octanol–water partition coefficient (Wildman–Crippen LogP) is 2.91. The van der Waals surface area contributed by atoms with Gasteiger partial charge in [-0.1, -0.05) is 0 Å². The Balaban J connectivity index is 1.98. The molecule has 102 valence electrons. The highest BCUT2D eigenvalue weighted by Crippen LogP contribution is 2.23. The molecule has 5 heteroatoms. The number of nitrogen functional groups attached to an aromatic ring is 1. The highest BCUT2D eigenvalue weighted by molar-refractivity contribution is 5.81. The van der Waals surface area contributed by atoms with Crippen LogP contribution in [0.3, 0.4) is 0 Å². The van der Waals surface area contributed by atoms with Gasteiger partial charge in [0, 0.05) is 12.7 Å². The highest BCUT2D eigenvalue weighted by atomic mass is 15.1. The van der Waals surface area contributed by atoms with Crippen molar-refractivity contribution in [3.63, 3.8) is 0 Å². The van der Waals surface area contributed by atoms with E-state index in [0.717, 1.165) is 33.9 Å². The van der Waals surface area contributed by atoms with E-state index in [2.05, 4.69) is 25.9 Å². The van der Waals surface area contributed by atoms with Crippen LogP contribution in [0.2, 0.25) is 0 Å². The van der Waals surface area contributed by atoms with Crippen molar-refractivity contribution in [1.29, 1.82) is 0 Å². The van der Waals surface area contributed by atoms with Gasteiger partial charge < -0.3 is 15.6 Å². The SMILES string of the molecule is Cc1cc(N)cnc1Nc1ccc2c(c1)nc(C)n2C. The van der Waals surface area contributed by atoms with Gasteiger partial charge in [-0.2, -0.15) is 0 Å². The first-order chi connectivity index (χ1) is 9.54. The van der Waals surface area contributed by atoms with Crippen molar-refractivity contribution in [3.8, 4) is 0 Å². The van der Waals surface area contributed by atoms with E-state index in [1.807, 2.05) is 39.1 Å². The largest absolute Gasteiger partial charge is 0.397 e. The lowest BCUT2D eigenvalue weighted by Crippen LogP contribution is -1.98.